The normalized spacial score (nSPS) is 17.9. The van der Waals surface area contributed by atoms with Gasteiger partial charge < -0.3 is 20.6 Å². The zero-order chi connectivity index (χ0) is 16.0. The molecule has 0 saturated heterocycles. The van der Waals surface area contributed by atoms with Crippen LogP contribution in [0.5, 0.6) is 0 Å². The number of carboxylic acid groups (broad SMARTS) is 1. The Labute approximate surface area is 125 Å². The van der Waals surface area contributed by atoms with Crippen LogP contribution in [0.2, 0.25) is 0 Å². The largest absolute Gasteiger partial charge is 0.480 e. The first kappa shape index (κ1) is 17.3. The summed E-state index contributed by atoms with van der Waals surface area (Å²) in [5.74, 6) is -1.62. The molecule has 0 aromatic heterocycles. The van der Waals surface area contributed by atoms with Crippen LogP contribution in [0.25, 0.3) is 0 Å². The molecule has 0 aliphatic heterocycles. The zero-order valence-electron chi connectivity index (χ0n) is 12.9. The predicted molar refractivity (Wildman–Crippen MR) is 77.8 cm³/mol. The second-order valence-corrected chi connectivity index (χ2v) is 6.34. The molecule has 3 N–H and O–H groups in total. The second kappa shape index (κ2) is 7.28. The maximum Gasteiger partial charge on any atom is 0.322 e. The highest BCUT2D eigenvalue weighted by atomic mass is 16.4. The molecule has 1 aliphatic carbocycles. The van der Waals surface area contributed by atoms with Gasteiger partial charge in [0.2, 0.25) is 5.91 Å². The number of amides is 3. The lowest BCUT2D eigenvalue weighted by Gasteiger charge is -2.38. The fraction of sp³-hybridized carbons (Fsp3) is 0.786. The lowest BCUT2D eigenvalue weighted by Crippen LogP contribution is -2.48. The number of hydrogen-bond donors (Lipinski definition) is 3. The van der Waals surface area contributed by atoms with Crippen LogP contribution < -0.4 is 10.6 Å². The minimum Gasteiger partial charge on any atom is -0.480 e. The van der Waals surface area contributed by atoms with Gasteiger partial charge in [0.1, 0.15) is 6.54 Å². The van der Waals surface area contributed by atoms with Gasteiger partial charge in [-0.3, -0.25) is 9.59 Å². The van der Waals surface area contributed by atoms with Crippen molar-refractivity contribution in [3.05, 3.63) is 0 Å². The van der Waals surface area contributed by atoms with E-state index in [1.807, 2.05) is 0 Å². The van der Waals surface area contributed by atoms with E-state index in [1.165, 1.54) is 0 Å². The average Bonchev–Trinajstić information content (AvgIpc) is 2.41. The minimum absolute atomic E-state index is 0.195. The van der Waals surface area contributed by atoms with E-state index in [0.717, 1.165) is 25.7 Å². The van der Waals surface area contributed by atoms with E-state index >= 15 is 0 Å². The Morgan fingerprint density at radius 2 is 1.71 bits per heavy atom. The molecule has 0 aromatic carbocycles. The van der Waals surface area contributed by atoms with Gasteiger partial charge >= 0.3 is 12.0 Å². The number of nitrogens with one attached hydrogen (secondary N) is 2. The van der Waals surface area contributed by atoms with Crippen molar-refractivity contribution in [2.45, 2.75) is 45.6 Å². The number of carbonyl (C=O) groups is 3. The molecule has 1 saturated carbocycles. The molecule has 0 spiro atoms. The van der Waals surface area contributed by atoms with Crippen LogP contribution in [-0.4, -0.2) is 54.1 Å². The molecule has 21 heavy (non-hydrogen) atoms. The fourth-order valence-electron chi connectivity index (χ4n) is 2.45. The summed E-state index contributed by atoms with van der Waals surface area (Å²) < 4.78 is 0. The van der Waals surface area contributed by atoms with Crippen LogP contribution in [-0.2, 0) is 9.59 Å². The maximum atomic E-state index is 12.0. The van der Waals surface area contributed by atoms with Crippen molar-refractivity contribution in [2.24, 2.45) is 5.41 Å². The van der Waals surface area contributed by atoms with Gasteiger partial charge in [-0.2, -0.15) is 0 Å². The molecular formula is C14H25N3O4. The Balaban J connectivity index is 2.31. The van der Waals surface area contributed by atoms with Crippen molar-refractivity contribution in [1.29, 1.82) is 0 Å². The third-order valence-corrected chi connectivity index (χ3v) is 4.01. The summed E-state index contributed by atoms with van der Waals surface area (Å²) in [6.07, 6.45) is 4.08. The van der Waals surface area contributed by atoms with Crippen LogP contribution in [0.4, 0.5) is 4.79 Å². The number of aliphatic carboxylic acids is 1. The van der Waals surface area contributed by atoms with Gasteiger partial charge in [0.05, 0.1) is 6.54 Å². The summed E-state index contributed by atoms with van der Waals surface area (Å²) in [5.41, 5.74) is 0.338. The molecule has 1 aliphatic rings. The number of rotatable bonds is 5. The lowest BCUT2D eigenvalue weighted by atomic mass is 9.75. The Morgan fingerprint density at radius 3 is 2.24 bits per heavy atom. The molecule has 0 bridgehead atoms. The van der Waals surface area contributed by atoms with Crippen molar-refractivity contribution in [3.63, 3.8) is 0 Å². The first-order valence-corrected chi connectivity index (χ1v) is 7.20. The Kier molecular flexibility index (Phi) is 5.99. The van der Waals surface area contributed by atoms with Gasteiger partial charge in [0, 0.05) is 13.1 Å². The van der Waals surface area contributed by atoms with Crippen LogP contribution >= 0.6 is 0 Å². The van der Waals surface area contributed by atoms with E-state index in [2.05, 4.69) is 24.5 Å². The molecule has 0 atom stereocenters. The summed E-state index contributed by atoms with van der Waals surface area (Å²) in [6.45, 7) is 3.81. The molecule has 1 rings (SSSR count). The third-order valence-electron chi connectivity index (χ3n) is 4.01. The molecule has 120 valence electrons. The van der Waals surface area contributed by atoms with E-state index in [1.54, 1.807) is 11.9 Å². The quantitative estimate of drug-likeness (QED) is 0.699. The highest BCUT2D eigenvalue weighted by Crippen LogP contribution is 2.36. The first-order valence-electron chi connectivity index (χ1n) is 7.20. The molecule has 0 heterocycles. The van der Waals surface area contributed by atoms with Gasteiger partial charge in [-0.25, -0.2) is 4.79 Å². The zero-order valence-corrected chi connectivity index (χ0v) is 12.9. The Hall–Kier alpha value is -1.79. The summed E-state index contributed by atoms with van der Waals surface area (Å²) in [4.78, 5) is 35.2. The van der Waals surface area contributed by atoms with E-state index in [-0.39, 0.29) is 18.6 Å². The van der Waals surface area contributed by atoms with E-state index in [4.69, 9.17) is 5.11 Å². The van der Waals surface area contributed by atoms with Crippen molar-refractivity contribution >= 4 is 17.9 Å². The van der Waals surface area contributed by atoms with Crippen LogP contribution in [0.1, 0.15) is 39.5 Å². The average molecular weight is 299 g/mol. The minimum atomic E-state index is -1.11. The fourth-order valence-corrected chi connectivity index (χ4v) is 2.45. The summed E-state index contributed by atoms with van der Waals surface area (Å²) >= 11 is 0. The summed E-state index contributed by atoms with van der Waals surface area (Å²) in [5, 5.41) is 13.1. The highest BCUT2D eigenvalue weighted by Gasteiger charge is 2.30. The molecule has 3 amide bonds. The number of urea groups is 1. The molecule has 7 heteroatoms. The summed E-state index contributed by atoms with van der Waals surface area (Å²) in [6, 6.07) is -0.106. The van der Waals surface area contributed by atoms with Gasteiger partial charge in [-0.15, -0.1) is 0 Å². The number of nitrogens with zero attached hydrogens (tertiary/aromatic N) is 1. The molecule has 0 radical (unpaired) electrons. The Bertz CT molecular complexity index is 399. The van der Waals surface area contributed by atoms with E-state index in [9.17, 15) is 14.4 Å². The number of carboxylic acids is 1. The van der Waals surface area contributed by atoms with E-state index < -0.39 is 18.4 Å². The predicted octanol–water partition coefficient (Wildman–Crippen LogP) is 0.797. The monoisotopic (exact) mass is 299 g/mol. The molecule has 0 aromatic rings. The number of carbonyl (C=O) groups excluding carboxylic acids is 2. The van der Waals surface area contributed by atoms with Gasteiger partial charge in [0.25, 0.3) is 0 Å². The SMILES string of the molecule is CN(C(=O)NCC(=O)NCC(=O)O)C1CCC(C)(C)CC1. The van der Waals surface area contributed by atoms with Gasteiger partial charge in [0.15, 0.2) is 0 Å². The van der Waals surface area contributed by atoms with Gasteiger partial charge in [-0.05, 0) is 31.1 Å². The molecular weight excluding hydrogens is 274 g/mol. The third kappa shape index (κ3) is 6.01. The van der Waals surface area contributed by atoms with Crippen molar-refractivity contribution in [2.75, 3.05) is 20.1 Å². The molecule has 1 fully saturated rings. The molecule has 0 unspecified atom stereocenters. The van der Waals surface area contributed by atoms with Crippen LogP contribution in [0.15, 0.2) is 0 Å². The first-order chi connectivity index (χ1) is 9.71. The highest BCUT2D eigenvalue weighted by molar-refractivity contribution is 5.86. The Morgan fingerprint density at radius 1 is 1.14 bits per heavy atom. The van der Waals surface area contributed by atoms with E-state index in [0.29, 0.717) is 5.41 Å². The smallest absolute Gasteiger partial charge is 0.322 e. The van der Waals surface area contributed by atoms with Crippen LogP contribution in [0.3, 0.4) is 0 Å². The van der Waals surface area contributed by atoms with Gasteiger partial charge in [-0.1, -0.05) is 13.8 Å². The van der Waals surface area contributed by atoms with Crippen molar-refractivity contribution in [3.8, 4) is 0 Å². The molecule has 7 nitrogen and oxygen atoms in total. The maximum absolute atomic E-state index is 12.0. The van der Waals surface area contributed by atoms with Crippen LogP contribution in [0, 0.1) is 5.41 Å². The number of hydrogen-bond acceptors (Lipinski definition) is 3. The lowest BCUT2D eigenvalue weighted by molar-refractivity contribution is -0.137. The van der Waals surface area contributed by atoms with Crippen molar-refractivity contribution in [1.82, 2.24) is 15.5 Å². The second-order valence-electron chi connectivity index (χ2n) is 6.34. The summed E-state index contributed by atoms with van der Waals surface area (Å²) in [7, 11) is 1.73. The van der Waals surface area contributed by atoms with Crippen molar-refractivity contribution < 1.29 is 19.5 Å². The topological polar surface area (TPSA) is 98.7 Å². The standard InChI is InChI=1S/C14H25N3O4/c1-14(2)6-4-10(5-7-14)17(3)13(21)16-8-11(18)15-9-12(19)20/h10H,4-9H2,1-3H3,(H,15,18)(H,16,21)(H,19,20).